The quantitative estimate of drug-likeness (QED) is 0.860. The van der Waals surface area contributed by atoms with Gasteiger partial charge < -0.3 is 10.5 Å². The highest BCUT2D eigenvalue weighted by Gasteiger charge is 2.03. The minimum Gasteiger partial charge on any atom is -0.457 e. The van der Waals surface area contributed by atoms with Crippen molar-refractivity contribution in [1.29, 1.82) is 0 Å². The minimum atomic E-state index is -0.353. The number of halogens is 1. The maximum Gasteiger partial charge on any atom is 0.131 e. The molecule has 0 fully saturated rings. The molecule has 1 heterocycles. The maximum absolute atomic E-state index is 13.4. The molecule has 0 unspecified atom stereocenters. The fourth-order valence-corrected chi connectivity index (χ4v) is 1.30. The van der Waals surface area contributed by atoms with E-state index in [-0.39, 0.29) is 12.4 Å². The van der Waals surface area contributed by atoms with E-state index in [0.29, 0.717) is 17.1 Å². The number of ether oxygens (including phenoxy) is 1. The molecule has 0 spiro atoms. The second-order valence-electron chi connectivity index (χ2n) is 3.24. The highest BCUT2D eigenvalue weighted by Crippen LogP contribution is 2.22. The van der Waals surface area contributed by atoms with Crippen molar-refractivity contribution >= 4 is 0 Å². The van der Waals surface area contributed by atoms with Gasteiger partial charge in [0.2, 0.25) is 0 Å². The average Bonchev–Trinajstić information content (AvgIpc) is 2.31. The van der Waals surface area contributed by atoms with Gasteiger partial charge in [0.05, 0.1) is 0 Å². The predicted octanol–water partition coefficient (Wildman–Crippen LogP) is 2.47. The Labute approximate surface area is 92.7 Å². The van der Waals surface area contributed by atoms with Crippen molar-refractivity contribution in [2.24, 2.45) is 5.73 Å². The van der Waals surface area contributed by atoms with E-state index in [1.165, 1.54) is 6.07 Å². The highest BCUT2D eigenvalue weighted by molar-refractivity contribution is 5.33. The van der Waals surface area contributed by atoms with Crippen molar-refractivity contribution in [3.63, 3.8) is 0 Å². The molecule has 1 aromatic carbocycles. The number of nitrogens with two attached hydrogens (primary N) is 1. The van der Waals surface area contributed by atoms with E-state index in [1.807, 2.05) is 0 Å². The molecule has 0 aliphatic rings. The molecule has 0 atom stereocenters. The molecule has 2 rings (SSSR count). The van der Waals surface area contributed by atoms with Gasteiger partial charge in [0, 0.05) is 30.6 Å². The largest absolute Gasteiger partial charge is 0.457 e. The van der Waals surface area contributed by atoms with Crippen molar-refractivity contribution in [2.45, 2.75) is 6.54 Å². The zero-order valence-corrected chi connectivity index (χ0v) is 8.56. The van der Waals surface area contributed by atoms with E-state index >= 15 is 0 Å². The molecule has 0 saturated heterocycles. The van der Waals surface area contributed by atoms with Crippen LogP contribution in [0.1, 0.15) is 5.56 Å². The Kier molecular flexibility index (Phi) is 3.12. The van der Waals surface area contributed by atoms with Crippen LogP contribution in [-0.4, -0.2) is 4.98 Å². The average molecular weight is 218 g/mol. The minimum absolute atomic E-state index is 0.182. The summed E-state index contributed by atoms with van der Waals surface area (Å²) in [7, 11) is 0. The SMILES string of the molecule is NCc1ccc(Oc2ccncc2)cc1F. The third-order valence-corrected chi connectivity index (χ3v) is 2.13. The summed E-state index contributed by atoms with van der Waals surface area (Å²) in [6, 6.07) is 8.03. The second kappa shape index (κ2) is 4.72. The topological polar surface area (TPSA) is 48.1 Å². The summed E-state index contributed by atoms with van der Waals surface area (Å²) in [5.41, 5.74) is 5.84. The molecule has 0 aliphatic heterocycles. The fraction of sp³-hybridized carbons (Fsp3) is 0.0833. The number of hydrogen-bond donors (Lipinski definition) is 1. The molecule has 2 N–H and O–H groups in total. The normalized spacial score (nSPS) is 10.1. The molecule has 1 aromatic heterocycles. The van der Waals surface area contributed by atoms with Gasteiger partial charge in [0.25, 0.3) is 0 Å². The molecular formula is C12H11FN2O. The first kappa shape index (κ1) is 10.6. The number of pyridine rings is 1. The third-order valence-electron chi connectivity index (χ3n) is 2.13. The molecule has 0 aliphatic carbocycles. The lowest BCUT2D eigenvalue weighted by Gasteiger charge is -2.06. The Hall–Kier alpha value is -1.94. The lowest BCUT2D eigenvalue weighted by atomic mass is 10.2. The summed E-state index contributed by atoms with van der Waals surface area (Å²) in [5.74, 6) is 0.713. The number of aromatic nitrogens is 1. The highest BCUT2D eigenvalue weighted by atomic mass is 19.1. The lowest BCUT2D eigenvalue weighted by molar-refractivity contribution is 0.475. The van der Waals surface area contributed by atoms with Crippen LogP contribution in [0.3, 0.4) is 0 Å². The maximum atomic E-state index is 13.4. The van der Waals surface area contributed by atoms with Gasteiger partial charge >= 0.3 is 0 Å². The molecule has 2 aromatic rings. The molecule has 0 saturated carbocycles. The molecular weight excluding hydrogens is 207 g/mol. The molecule has 82 valence electrons. The van der Waals surface area contributed by atoms with E-state index < -0.39 is 0 Å². The van der Waals surface area contributed by atoms with Crippen molar-refractivity contribution in [3.05, 3.63) is 54.1 Å². The van der Waals surface area contributed by atoms with Crippen LogP contribution in [0.4, 0.5) is 4.39 Å². The van der Waals surface area contributed by atoms with Gasteiger partial charge in [0.1, 0.15) is 17.3 Å². The lowest BCUT2D eigenvalue weighted by Crippen LogP contribution is -1.99. The Morgan fingerprint density at radius 2 is 1.88 bits per heavy atom. The van der Waals surface area contributed by atoms with E-state index in [0.717, 1.165) is 0 Å². The van der Waals surface area contributed by atoms with Crippen molar-refractivity contribution < 1.29 is 9.13 Å². The van der Waals surface area contributed by atoms with Gasteiger partial charge in [-0.25, -0.2) is 4.39 Å². The van der Waals surface area contributed by atoms with Crippen LogP contribution >= 0.6 is 0 Å². The summed E-state index contributed by atoms with van der Waals surface area (Å²) < 4.78 is 18.8. The van der Waals surface area contributed by atoms with Gasteiger partial charge in [-0.05, 0) is 18.2 Å². The van der Waals surface area contributed by atoms with Crippen molar-refractivity contribution in [3.8, 4) is 11.5 Å². The van der Waals surface area contributed by atoms with Crippen LogP contribution < -0.4 is 10.5 Å². The Morgan fingerprint density at radius 1 is 1.12 bits per heavy atom. The van der Waals surface area contributed by atoms with Gasteiger partial charge in [-0.2, -0.15) is 0 Å². The van der Waals surface area contributed by atoms with Crippen molar-refractivity contribution in [2.75, 3.05) is 0 Å². The summed E-state index contributed by atoms with van der Waals surface area (Å²) in [4.78, 5) is 3.86. The smallest absolute Gasteiger partial charge is 0.131 e. The fourth-order valence-electron chi connectivity index (χ4n) is 1.30. The second-order valence-corrected chi connectivity index (χ2v) is 3.24. The summed E-state index contributed by atoms with van der Waals surface area (Å²) >= 11 is 0. The molecule has 16 heavy (non-hydrogen) atoms. The van der Waals surface area contributed by atoms with Crippen LogP contribution in [0.5, 0.6) is 11.5 Å². The molecule has 0 radical (unpaired) electrons. The predicted molar refractivity (Wildman–Crippen MR) is 58.6 cm³/mol. The molecule has 4 heteroatoms. The van der Waals surface area contributed by atoms with Crippen LogP contribution in [0.25, 0.3) is 0 Å². The zero-order valence-electron chi connectivity index (χ0n) is 8.56. The Bertz CT molecular complexity index is 474. The first-order valence-electron chi connectivity index (χ1n) is 4.86. The van der Waals surface area contributed by atoms with Gasteiger partial charge in [-0.3, -0.25) is 4.98 Å². The number of benzene rings is 1. The third kappa shape index (κ3) is 2.35. The van der Waals surface area contributed by atoms with Gasteiger partial charge in [0.15, 0.2) is 0 Å². The number of rotatable bonds is 3. The standard InChI is InChI=1S/C12H11FN2O/c13-12-7-11(2-1-9(12)8-14)16-10-3-5-15-6-4-10/h1-7H,8,14H2. The number of hydrogen-bond acceptors (Lipinski definition) is 3. The van der Waals surface area contributed by atoms with E-state index in [9.17, 15) is 4.39 Å². The molecule has 0 bridgehead atoms. The Balaban J connectivity index is 2.20. The first-order chi connectivity index (χ1) is 7.79. The Morgan fingerprint density at radius 3 is 2.50 bits per heavy atom. The van der Waals surface area contributed by atoms with Gasteiger partial charge in [-0.15, -0.1) is 0 Å². The van der Waals surface area contributed by atoms with Gasteiger partial charge in [-0.1, -0.05) is 6.07 Å². The summed E-state index contributed by atoms with van der Waals surface area (Å²) in [5, 5.41) is 0. The molecule has 0 amide bonds. The van der Waals surface area contributed by atoms with Crippen LogP contribution in [0.2, 0.25) is 0 Å². The monoisotopic (exact) mass is 218 g/mol. The van der Waals surface area contributed by atoms with E-state index in [1.54, 1.807) is 36.7 Å². The zero-order chi connectivity index (χ0) is 11.4. The summed E-state index contributed by atoms with van der Waals surface area (Å²) in [6.07, 6.45) is 3.22. The number of nitrogens with zero attached hydrogens (tertiary/aromatic N) is 1. The van der Waals surface area contributed by atoms with E-state index in [4.69, 9.17) is 10.5 Å². The summed E-state index contributed by atoms with van der Waals surface area (Å²) in [6.45, 7) is 0.182. The van der Waals surface area contributed by atoms with Crippen LogP contribution in [-0.2, 0) is 6.54 Å². The van der Waals surface area contributed by atoms with Crippen LogP contribution in [0.15, 0.2) is 42.7 Å². The van der Waals surface area contributed by atoms with Crippen molar-refractivity contribution in [1.82, 2.24) is 4.98 Å². The van der Waals surface area contributed by atoms with Crippen LogP contribution in [0, 0.1) is 5.82 Å². The molecule has 3 nitrogen and oxygen atoms in total. The van der Waals surface area contributed by atoms with E-state index in [2.05, 4.69) is 4.98 Å². The first-order valence-corrected chi connectivity index (χ1v) is 4.86.